The summed E-state index contributed by atoms with van der Waals surface area (Å²) in [7, 11) is 0. The van der Waals surface area contributed by atoms with Gasteiger partial charge in [0.2, 0.25) is 0 Å². The molecule has 0 fully saturated rings. The Kier molecular flexibility index (Phi) is 7.45. The average Bonchev–Trinajstić information content (AvgIpc) is 2.37. The van der Waals surface area contributed by atoms with Crippen LogP contribution in [0, 0.1) is 5.92 Å². The fourth-order valence-corrected chi connectivity index (χ4v) is 1.87. The summed E-state index contributed by atoms with van der Waals surface area (Å²) in [5, 5.41) is 0. The molecule has 0 spiro atoms. The quantitative estimate of drug-likeness (QED) is 0.558. The van der Waals surface area contributed by atoms with Crippen molar-refractivity contribution in [3.8, 4) is 5.75 Å². The van der Waals surface area contributed by atoms with Gasteiger partial charge in [0.05, 0.1) is 12.2 Å². The highest BCUT2D eigenvalue weighted by molar-refractivity contribution is 7.80. The zero-order valence-corrected chi connectivity index (χ0v) is 12.5. The first-order chi connectivity index (χ1) is 9.11. The summed E-state index contributed by atoms with van der Waals surface area (Å²) in [4.78, 5) is 0.355. The monoisotopic (exact) mass is 281 g/mol. The summed E-state index contributed by atoms with van der Waals surface area (Å²) in [6.45, 7) is 6.33. The molecular weight excluding hydrogens is 258 g/mol. The minimum atomic E-state index is 0.355. The van der Waals surface area contributed by atoms with Gasteiger partial charge < -0.3 is 15.2 Å². The van der Waals surface area contributed by atoms with Gasteiger partial charge in [-0.15, -0.1) is 0 Å². The van der Waals surface area contributed by atoms with Gasteiger partial charge in [-0.2, -0.15) is 0 Å². The molecule has 0 saturated heterocycles. The van der Waals surface area contributed by atoms with Crippen LogP contribution in [-0.2, 0) is 4.74 Å². The predicted octanol–water partition coefficient (Wildman–Crippen LogP) is 3.15. The van der Waals surface area contributed by atoms with Crippen LogP contribution in [0.4, 0.5) is 0 Å². The van der Waals surface area contributed by atoms with Crippen molar-refractivity contribution in [1.29, 1.82) is 0 Å². The maximum Gasteiger partial charge on any atom is 0.129 e. The zero-order chi connectivity index (χ0) is 14.1. The molecule has 0 heterocycles. The summed E-state index contributed by atoms with van der Waals surface area (Å²) in [5.41, 5.74) is 6.41. The Morgan fingerprint density at radius 3 is 2.63 bits per heavy atom. The third kappa shape index (κ3) is 6.55. The number of ether oxygens (including phenoxy) is 2. The number of nitrogens with two attached hydrogens (primary N) is 1. The van der Waals surface area contributed by atoms with Crippen LogP contribution in [0.2, 0.25) is 0 Å². The molecule has 1 aromatic rings. The standard InChI is InChI=1S/C15H23NO2S/c1-12(2)6-5-9-17-10-11-18-14-8-4-3-7-13(14)15(16)19/h3-4,7-8,12H,5-6,9-11H2,1-2H3,(H2,16,19). The van der Waals surface area contributed by atoms with Gasteiger partial charge in [-0.1, -0.05) is 38.2 Å². The van der Waals surface area contributed by atoms with E-state index in [1.165, 1.54) is 6.42 Å². The fourth-order valence-electron chi connectivity index (χ4n) is 1.70. The molecule has 1 rings (SSSR count). The number of para-hydroxylation sites is 1. The average molecular weight is 281 g/mol. The minimum absolute atomic E-state index is 0.355. The number of hydrogen-bond acceptors (Lipinski definition) is 3. The lowest BCUT2D eigenvalue weighted by molar-refractivity contribution is 0.0957. The topological polar surface area (TPSA) is 44.5 Å². The molecule has 0 bridgehead atoms. The van der Waals surface area contributed by atoms with Gasteiger partial charge in [-0.05, 0) is 30.9 Å². The fraction of sp³-hybridized carbons (Fsp3) is 0.533. The Morgan fingerprint density at radius 1 is 1.21 bits per heavy atom. The van der Waals surface area contributed by atoms with Gasteiger partial charge in [0.15, 0.2) is 0 Å². The van der Waals surface area contributed by atoms with Crippen LogP contribution in [0.5, 0.6) is 5.75 Å². The van der Waals surface area contributed by atoms with E-state index in [-0.39, 0.29) is 0 Å². The van der Waals surface area contributed by atoms with Crippen LogP contribution >= 0.6 is 12.2 Å². The lowest BCUT2D eigenvalue weighted by Crippen LogP contribution is -2.14. The van der Waals surface area contributed by atoms with E-state index in [2.05, 4.69) is 13.8 Å². The molecule has 0 aromatic heterocycles. The van der Waals surface area contributed by atoms with Crippen molar-refractivity contribution in [2.45, 2.75) is 26.7 Å². The molecule has 0 atom stereocenters. The zero-order valence-electron chi connectivity index (χ0n) is 11.7. The van der Waals surface area contributed by atoms with E-state index in [1.54, 1.807) is 0 Å². The van der Waals surface area contributed by atoms with Gasteiger partial charge in [-0.3, -0.25) is 0 Å². The van der Waals surface area contributed by atoms with Crippen molar-refractivity contribution in [2.75, 3.05) is 19.8 Å². The minimum Gasteiger partial charge on any atom is -0.490 e. The van der Waals surface area contributed by atoms with Gasteiger partial charge in [-0.25, -0.2) is 0 Å². The van der Waals surface area contributed by atoms with Crippen molar-refractivity contribution in [3.05, 3.63) is 29.8 Å². The second kappa shape index (κ2) is 8.88. The van der Waals surface area contributed by atoms with E-state index in [9.17, 15) is 0 Å². The molecule has 0 saturated carbocycles. The summed E-state index contributed by atoms with van der Waals surface area (Å²) in [6.07, 6.45) is 2.30. The molecule has 106 valence electrons. The Labute approximate surface area is 121 Å². The van der Waals surface area contributed by atoms with Crippen LogP contribution in [0.15, 0.2) is 24.3 Å². The van der Waals surface area contributed by atoms with Gasteiger partial charge in [0, 0.05) is 6.61 Å². The van der Waals surface area contributed by atoms with E-state index < -0.39 is 0 Å². The van der Waals surface area contributed by atoms with E-state index in [1.807, 2.05) is 24.3 Å². The molecule has 3 nitrogen and oxygen atoms in total. The highest BCUT2D eigenvalue weighted by Gasteiger charge is 2.04. The molecular formula is C15H23NO2S. The van der Waals surface area contributed by atoms with Gasteiger partial charge in [0.1, 0.15) is 17.3 Å². The van der Waals surface area contributed by atoms with Crippen LogP contribution in [0.25, 0.3) is 0 Å². The molecule has 0 unspecified atom stereocenters. The Hall–Kier alpha value is -1.13. The second-order valence-electron chi connectivity index (χ2n) is 4.86. The number of rotatable bonds is 9. The van der Waals surface area contributed by atoms with E-state index in [0.29, 0.717) is 18.2 Å². The molecule has 0 amide bonds. The van der Waals surface area contributed by atoms with Crippen LogP contribution in [-0.4, -0.2) is 24.8 Å². The van der Waals surface area contributed by atoms with E-state index in [0.717, 1.165) is 30.3 Å². The molecule has 1 aromatic carbocycles. The van der Waals surface area contributed by atoms with Crippen molar-refractivity contribution in [3.63, 3.8) is 0 Å². The summed E-state index contributed by atoms with van der Waals surface area (Å²) in [6, 6.07) is 7.53. The number of hydrogen-bond donors (Lipinski definition) is 1. The van der Waals surface area contributed by atoms with Crippen LogP contribution < -0.4 is 10.5 Å². The Bertz CT molecular complexity index is 393. The third-order valence-corrected chi connectivity index (χ3v) is 2.93. The Morgan fingerprint density at radius 2 is 1.95 bits per heavy atom. The predicted molar refractivity (Wildman–Crippen MR) is 82.7 cm³/mol. The maximum atomic E-state index is 5.63. The van der Waals surface area contributed by atoms with Crippen molar-refractivity contribution in [1.82, 2.24) is 0 Å². The molecule has 0 aliphatic carbocycles. The third-order valence-electron chi connectivity index (χ3n) is 2.71. The first-order valence-corrected chi connectivity index (χ1v) is 7.11. The van der Waals surface area contributed by atoms with Crippen LogP contribution in [0.3, 0.4) is 0 Å². The maximum absolute atomic E-state index is 5.63. The Balaban J connectivity index is 2.21. The molecule has 2 N–H and O–H groups in total. The van der Waals surface area contributed by atoms with Crippen LogP contribution in [0.1, 0.15) is 32.3 Å². The lowest BCUT2D eigenvalue weighted by atomic mass is 10.1. The SMILES string of the molecule is CC(C)CCCOCCOc1ccccc1C(N)=S. The summed E-state index contributed by atoms with van der Waals surface area (Å²) >= 11 is 4.98. The second-order valence-corrected chi connectivity index (χ2v) is 5.30. The highest BCUT2D eigenvalue weighted by atomic mass is 32.1. The molecule has 0 radical (unpaired) electrons. The highest BCUT2D eigenvalue weighted by Crippen LogP contribution is 2.17. The first-order valence-electron chi connectivity index (χ1n) is 6.70. The lowest BCUT2D eigenvalue weighted by Gasteiger charge is -2.11. The summed E-state index contributed by atoms with van der Waals surface area (Å²) in [5.74, 6) is 1.46. The number of thiocarbonyl (C=S) groups is 1. The normalized spacial score (nSPS) is 10.7. The van der Waals surface area contributed by atoms with Gasteiger partial charge >= 0.3 is 0 Å². The van der Waals surface area contributed by atoms with Gasteiger partial charge in [0.25, 0.3) is 0 Å². The van der Waals surface area contributed by atoms with Crippen molar-refractivity contribution < 1.29 is 9.47 Å². The van der Waals surface area contributed by atoms with Crippen molar-refractivity contribution >= 4 is 17.2 Å². The van der Waals surface area contributed by atoms with Crippen molar-refractivity contribution in [2.24, 2.45) is 11.7 Å². The molecule has 0 aliphatic rings. The molecule has 4 heteroatoms. The summed E-state index contributed by atoms with van der Waals surface area (Å²) < 4.78 is 11.2. The smallest absolute Gasteiger partial charge is 0.129 e. The van der Waals surface area contributed by atoms with E-state index in [4.69, 9.17) is 27.4 Å². The molecule has 19 heavy (non-hydrogen) atoms. The number of benzene rings is 1. The molecule has 0 aliphatic heterocycles. The first kappa shape index (κ1) is 15.9. The van der Waals surface area contributed by atoms with E-state index >= 15 is 0 Å². The largest absolute Gasteiger partial charge is 0.490 e.